The van der Waals surface area contributed by atoms with E-state index in [0.29, 0.717) is 23.7 Å². The number of rotatable bonds is 5. The number of piperidine rings is 3. The summed E-state index contributed by atoms with van der Waals surface area (Å²) in [6.45, 7) is 4.36. The second-order valence-corrected chi connectivity index (χ2v) is 8.43. The molecule has 4 atom stereocenters. The van der Waals surface area contributed by atoms with Crippen LogP contribution in [0.15, 0.2) is 6.20 Å². The minimum atomic E-state index is -0.0477. The minimum absolute atomic E-state index is 0.0477. The SMILES string of the molecule is CC(=O)c1cn(C[C@H]2C[C@@H]3CC[NH+]2C[C@@H]3C(=O)NC2CCCCC2)nn1. The van der Waals surface area contributed by atoms with Crippen LogP contribution in [-0.4, -0.2) is 51.9 Å². The van der Waals surface area contributed by atoms with Crippen LogP contribution in [0.1, 0.15) is 62.4 Å². The molecule has 1 amide bonds. The lowest BCUT2D eigenvalue weighted by Crippen LogP contribution is -3.20. The molecule has 2 bridgehead atoms. The largest absolute Gasteiger partial charge is 0.353 e. The summed E-state index contributed by atoms with van der Waals surface area (Å²) in [5, 5.41) is 11.4. The van der Waals surface area contributed by atoms with Gasteiger partial charge in [0.2, 0.25) is 5.91 Å². The number of hydrogen-bond donors (Lipinski definition) is 2. The molecule has 3 saturated heterocycles. The van der Waals surface area contributed by atoms with Crippen LogP contribution < -0.4 is 10.2 Å². The van der Waals surface area contributed by atoms with Gasteiger partial charge in [-0.3, -0.25) is 9.59 Å². The van der Waals surface area contributed by atoms with Crippen molar-refractivity contribution in [2.45, 2.75) is 70.5 Å². The lowest BCUT2D eigenvalue weighted by molar-refractivity contribution is -0.945. The van der Waals surface area contributed by atoms with Gasteiger partial charge in [0.15, 0.2) is 5.78 Å². The van der Waals surface area contributed by atoms with E-state index in [9.17, 15) is 9.59 Å². The topological polar surface area (TPSA) is 81.3 Å². The Labute approximate surface area is 154 Å². The number of Topliss-reactive ketones (excluding diaryl/α,β-unsaturated/α-hetero) is 1. The first-order valence-corrected chi connectivity index (χ1v) is 10.2. The Bertz CT molecular complexity index is 667. The summed E-state index contributed by atoms with van der Waals surface area (Å²) in [4.78, 5) is 25.7. The molecule has 1 unspecified atom stereocenters. The van der Waals surface area contributed by atoms with E-state index in [1.165, 1.54) is 31.1 Å². The Morgan fingerprint density at radius 2 is 2.08 bits per heavy atom. The first kappa shape index (κ1) is 17.6. The van der Waals surface area contributed by atoms with Gasteiger partial charge in [-0.05, 0) is 18.8 Å². The van der Waals surface area contributed by atoms with E-state index in [0.717, 1.165) is 45.3 Å². The van der Waals surface area contributed by atoms with Crippen molar-refractivity contribution in [1.29, 1.82) is 0 Å². The van der Waals surface area contributed by atoms with Gasteiger partial charge in [-0.1, -0.05) is 24.5 Å². The Balaban J connectivity index is 1.34. The summed E-state index contributed by atoms with van der Waals surface area (Å²) in [7, 11) is 0. The van der Waals surface area contributed by atoms with Crippen LogP contribution >= 0.6 is 0 Å². The van der Waals surface area contributed by atoms with Crippen LogP contribution in [0.25, 0.3) is 0 Å². The third kappa shape index (κ3) is 3.68. The maximum Gasteiger partial charge on any atom is 0.229 e. The fourth-order valence-electron chi connectivity index (χ4n) is 5.15. The number of carbonyl (C=O) groups excluding carboxylic acids is 2. The summed E-state index contributed by atoms with van der Waals surface area (Å²) >= 11 is 0. The molecule has 1 aromatic rings. The number of amides is 1. The second-order valence-electron chi connectivity index (χ2n) is 8.43. The molecule has 4 aliphatic rings. The highest BCUT2D eigenvalue weighted by Crippen LogP contribution is 2.28. The normalized spacial score (nSPS) is 31.7. The van der Waals surface area contributed by atoms with Crippen LogP contribution in [0.3, 0.4) is 0 Å². The molecule has 0 radical (unpaired) electrons. The van der Waals surface area contributed by atoms with Crippen molar-refractivity contribution in [1.82, 2.24) is 20.3 Å². The van der Waals surface area contributed by atoms with E-state index in [1.807, 2.05) is 0 Å². The second kappa shape index (κ2) is 7.47. The van der Waals surface area contributed by atoms with Crippen molar-refractivity contribution in [3.63, 3.8) is 0 Å². The van der Waals surface area contributed by atoms with E-state index >= 15 is 0 Å². The van der Waals surface area contributed by atoms with Gasteiger partial charge in [-0.2, -0.15) is 0 Å². The van der Waals surface area contributed by atoms with Gasteiger partial charge < -0.3 is 10.2 Å². The molecule has 0 aromatic carbocycles. The van der Waals surface area contributed by atoms with Crippen molar-refractivity contribution >= 4 is 11.7 Å². The van der Waals surface area contributed by atoms with Crippen LogP contribution in [-0.2, 0) is 11.3 Å². The number of nitrogens with zero attached hydrogens (tertiary/aromatic N) is 3. The molecular weight excluding hydrogens is 330 g/mol. The average molecular weight is 360 g/mol. The monoisotopic (exact) mass is 360 g/mol. The first-order valence-electron chi connectivity index (χ1n) is 10.2. The molecule has 7 nitrogen and oxygen atoms in total. The number of ketones is 1. The lowest BCUT2D eigenvalue weighted by atomic mass is 9.75. The third-order valence-electron chi connectivity index (χ3n) is 6.65. The molecule has 0 spiro atoms. The molecule has 1 aromatic heterocycles. The van der Waals surface area contributed by atoms with Gasteiger partial charge in [-0.25, -0.2) is 4.68 Å². The fraction of sp³-hybridized carbons (Fsp3) is 0.789. The Kier molecular flexibility index (Phi) is 5.07. The molecule has 5 rings (SSSR count). The van der Waals surface area contributed by atoms with Gasteiger partial charge >= 0.3 is 0 Å². The predicted molar refractivity (Wildman–Crippen MR) is 95.7 cm³/mol. The van der Waals surface area contributed by atoms with Crippen molar-refractivity contribution in [2.24, 2.45) is 11.8 Å². The van der Waals surface area contributed by atoms with Crippen LogP contribution in [0.4, 0.5) is 0 Å². The third-order valence-corrected chi connectivity index (χ3v) is 6.65. The van der Waals surface area contributed by atoms with E-state index in [2.05, 4.69) is 15.6 Å². The quantitative estimate of drug-likeness (QED) is 0.736. The molecule has 3 aliphatic heterocycles. The standard InChI is InChI=1S/C19H29N5O2/c1-13(25)18-12-24(22-21-18)10-16-9-14-7-8-23(16)11-17(14)19(26)20-15-5-3-2-4-6-15/h12,14-17H,2-11H2,1H3,(H,20,26)/p+1/t14-,16+,17-/m0/s1. The van der Waals surface area contributed by atoms with Crippen LogP contribution in [0.5, 0.6) is 0 Å². The van der Waals surface area contributed by atoms with Crippen LogP contribution in [0.2, 0.25) is 0 Å². The first-order chi connectivity index (χ1) is 12.6. The van der Waals surface area contributed by atoms with Crippen molar-refractivity contribution < 1.29 is 14.5 Å². The summed E-state index contributed by atoms with van der Waals surface area (Å²) in [5.41, 5.74) is 0.431. The van der Waals surface area contributed by atoms with Gasteiger partial charge in [-0.15, -0.1) is 5.10 Å². The molecule has 1 saturated carbocycles. The number of hydrogen-bond acceptors (Lipinski definition) is 4. The number of aromatic nitrogens is 3. The minimum Gasteiger partial charge on any atom is -0.353 e. The summed E-state index contributed by atoms with van der Waals surface area (Å²) in [5.74, 6) is 0.892. The zero-order chi connectivity index (χ0) is 18.1. The molecule has 4 fully saturated rings. The number of nitrogens with one attached hydrogen (secondary N) is 2. The lowest BCUT2D eigenvalue weighted by Gasteiger charge is -2.46. The highest BCUT2D eigenvalue weighted by molar-refractivity contribution is 5.91. The zero-order valence-corrected chi connectivity index (χ0v) is 15.6. The van der Waals surface area contributed by atoms with E-state index in [-0.39, 0.29) is 17.6 Å². The molecule has 1 aliphatic carbocycles. The maximum atomic E-state index is 12.8. The number of quaternary nitrogens is 1. The predicted octanol–water partition coefficient (Wildman–Crippen LogP) is 0.223. The average Bonchev–Trinajstić information content (AvgIpc) is 3.12. The van der Waals surface area contributed by atoms with Gasteiger partial charge in [0, 0.05) is 25.8 Å². The Morgan fingerprint density at radius 3 is 2.73 bits per heavy atom. The fourth-order valence-corrected chi connectivity index (χ4v) is 5.15. The van der Waals surface area contributed by atoms with Gasteiger partial charge in [0.05, 0.1) is 31.7 Å². The summed E-state index contributed by atoms with van der Waals surface area (Å²) in [6, 6.07) is 0.867. The smallest absolute Gasteiger partial charge is 0.229 e. The summed E-state index contributed by atoms with van der Waals surface area (Å²) in [6.07, 6.45) is 10.1. The molecule has 4 heterocycles. The molecule has 2 N–H and O–H groups in total. The molecular formula is C19H30N5O2+. The summed E-state index contributed by atoms with van der Waals surface area (Å²) < 4.78 is 1.80. The number of carbonyl (C=O) groups is 2. The van der Waals surface area contributed by atoms with Crippen molar-refractivity contribution in [2.75, 3.05) is 13.1 Å². The Morgan fingerprint density at radius 1 is 1.27 bits per heavy atom. The van der Waals surface area contributed by atoms with Gasteiger partial charge in [0.1, 0.15) is 11.7 Å². The van der Waals surface area contributed by atoms with Crippen molar-refractivity contribution in [3.05, 3.63) is 11.9 Å². The highest BCUT2D eigenvalue weighted by Gasteiger charge is 2.46. The van der Waals surface area contributed by atoms with E-state index < -0.39 is 0 Å². The van der Waals surface area contributed by atoms with Crippen LogP contribution in [0, 0.1) is 11.8 Å². The molecule has 7 heteroatoms. The van der Waals surface area contributed by atoms with Crippen molar-refractivity contribution in [3.8, 4) is 0 Å². The highest BCUT2D eigenvalue weighted by atomic mass is 16.2. The maximum absolute atomic E-state index is 12.8. The molecule has 142 valence electrons. The van der Waals surface area contributed by atoms with E-state index in [1.54, 1.807) is 10.9 Å². The Hall–Kier alpha value is -1.76. The zero-order valence-electron chi connectivity index (χ0n) is 15.6. The van der Waals surface area contributed by atoms with E-state index in [4.69, 9.17) is 0 Å². The van der Waals surface area contributed by atoms with Gasteiger partial charge in [0.25, 0.3) is 0 Å². The number of fused-ring (bicyclic) bond motifs is 3. The molecule has 26 heavy (non-hydrogen) atoms.